The van der Waals surface area contributed by atoms with Crippen LogP contribution in [-0.2, 0) is 10.0 Å². The number of fused-ring (bicyclic) bond motifs is 1. The lowest BCUT2D eigenvalue weighted by Gasteiger charge is -2.31. The number of sulfonamides is 1. The maximum atomic E-state index is 13.0. The fourth-order valence-corrected chi connectivity index (χ4v) is 7.71. The number of rotatable bonds is 9. The Morgan fingerprint density at radius 2 is 1.75 bits per heavy atom. The third-order valence-electron chi connectivity index (χ3n) is 5.57. The van der Waals surface area contributed by atoms with E-state index >= 15 is 0 Å². The molecule has 4 heterocycles. The summed E-state index contributed by atoms with van der Waals surface area (Å²) in [6.07, 6.45) is 0. The topological polar surface area (TPSA) is 146 Å². The van der Waals surface area contributed by atoms with Gasteiger partial charge >= 0.3 is 0 Å². The maximum absolute atomic E-state index is 13.0. The molecule has 0 bridgehead atoms. The van der Waals surface area contributed by atoms with Crippen LogP contribution in [0.3, 0.4) is 0 Å². The summed E-state index contributed by atoms with van der Waals surface area (Å²) in [4.78, 5) is 11.3. The van der Waals surface area contributed by atoms with Crippen LogP contribution in [-0.4, -0.2) is 51.2 Å². The van der Waals surface area contributed by atoms with Gasteiger partial charge in [0, 0.05) is 28.2 Å². The highest BCUT2D eigenvalue weighted by molar-refractivity contribution is 7.91. The molecule has 4 aromatic rings. The minimum Gasteiger partial charge on any atom is -0.504 e. The summed E-state index contributed by atoms with van der Waals surface area (Å²) in [5.74, 6) is 0.239. The second kappa shape index (κ2) is 9.92. The van der Waals surface area contributed by atoms with Gasteiger partial charge in [0.25, 0.3) is 10.0 Å². The number of aromatic nitrogens is 4. The van der Waals surface area contributed by atoms with Crippen molar-refractivity contribution in [3.63, 3.8) is 0 Å². The molecule has 4 rings (SSSR count). The first kappa shape index (κ1) is 26.3. The van der Waals surface area contributed by atoms with E-state index in [4.69, 9.17) is 4.63 Å². The highest BCUT2D eigenvalue weighted by Gasteiger charge is 2.31. The Morgan fingerprint density at radius 1 is 1.11 bits per heavy atom. The van der Waals surface area contributed by atoms with Crippen molar-refractivity contribution in [3.05, 3.63) is 27.3 Å². The molecular weight excluding hydrogens is 522 g/mol. The second-order valence-electron chi connectivity index (χ2n) is 9.22. The Morgan fingerprint density at radius 3 is 2.31 bits per heavy atom. The minimum absolute atomic E-state index is 0.127. The summed E-state index contributed by atoms with van der Waals surface area (Å²) in [6, 6.07) is 4.02. The van der Waals surface area contributed by atoms with E-state index in [1.807, 2.05) is 0 Å². The largest absolute Gasteiger partial charge is 0.504 e. The molecule has 0 aliphatic carbocycles. The van der Waals surface area contributed by atoms with Gasteiger partial charge in [0.1, 0.15) is 0 Å². The van der Waals surface area contributed by atoms with Gasteiger partial charge in [0.2, 0.25) is 11.3 Å². The van der Waals surface area contributed by atoms with Gasteiger partial charge in [0.05, 0.1) is 11.7 Å². The molecule has 0 spiro atoms. The van der Waals surface area contributed by atoms with Crippen molar-refractivity contribution < 1.29 is 18.2 Å². The molecule has 4 aromatic heterocycles. The maximum Gasteiger partial charge on any atom is 0.256 e. The van der Waals surface area contributed by atoms with Gasteiger partial charge < -0.3 is 15.7 Å². The van der Waals surface area contributed by atoms with Crippen molar-refractivity contribution in [2.24, 2.45) is 5.41 Å². The predicted molar refractivity (Wildman–Crippen MR) is 142 cm³/mol. The molecule has 11 nitrogen and oxygen atoms in total. The van der Waals surface area contributed by atoms with Crippen LogP contribution in [0.1, 0.15) is 50.4 Å². The van der Waals surface area contributed by atoms with Crippen LogP contribution in [0.4, 0.5) is 17.3 Å². The highest BCUT2D eigenvalue weighted by atomic mass is 32.2. The van der Waals surface area contributed by atoms with Gasteiger partial charge in [-0.25, -0.2) is 23.0 Å². The predicted octanol–water partition coefficient (Wildman–Crippen LogP) is 5.12. The van der Waals surface area contributed by atoms with E-state index < -0.39 is 10.0 Å². The SMILES string of the molecule is CCN(CC)S(=O)(=O)c1scc(Nc2nc3nonc3nc2N[C@@H](c2ccc(C)s2)C(C)(C)C)c1O. The smallest absolute Gasteiger partial charge is 0.256 e. The summed E-state index contributed by atoms with van der Waals surface area (Å²) in [7, 11) is -3.84. The third-order valence-corrected chi connectivity index (χ3v) is 10.2. The summed E-state index contributed by atoms with van der Waals surface area (Å²) < 4.78 is 31.9. The molecule has 0 aliphatic rings. The molecule has 0 saturated carbocycles. The summed E-state index contributed by atoms with van der Waals surface area (Å²) >= 11 is 2.62. The van der Waals surface area contributed by atoms with Crippen molar-refractivity contribution >= 4 is 61.3 Å². The van der Waals surface area contributed by atoms with Crippen molar-refractivity contribution in [2.45, 2.75) is 51.8 Å². The average molecular weight is 552 g/mol. The van der Waals surface area contributed by atoms with E-state index in [1.54, 1.807) is 25.2 Å². The zero-order valence-electron chi connectivity index (χ0n) is 20.9. The fraction of sp³-hybridized carbons (Fsp3) is 0.455. The van der Waals surface area contributed by atoms with Crippen molar-refractivity contribution in [1.82, 2.24) is 24.6 Å². The summed E-state index contributed by atoms with van der Waals surface area (Å²) in [6.45, 7) is 12.5. The van der Waals surface area contributed by atoms with Crippen LogP contribution in [0.2, 0.25) is 0 Å². The molecular formula is C22H29N7O4S3. The standard InChI is InChI=1S/C22H29N7O4S3/c1-7-29(8-2)36(31,32)21-15(30)13(11-34-21)23-17-18(26-20-19(25-17)27-33-28-20)24-16(22(4,5)6)14-10-9-12(3)35-14/h9-11,16,30H,7-8H2,1-6H3,(H,23,25,27)(H,24,26,28)/t16-/m0/s1. The molecule has 0 aromatic carbocycles. The van der Waals surface area contributed by atoms with Crippen molar-refractivity contribution in [3.8, 4) is 5.75 Å². The molecule has 0 aliphatic heterocycles. The van der Waals surface area contributed by atoms with Gasteiger partial charge in [0.15, 0.2) is 21.6 Å². The highest BCUT2D eigenvalue weighted by Crippen LogP contribution is 2.43. The number of nitrogens with one attached hydrogen (secondary N) is 2. The Bertz CT molecular complexity index is 1470. The van der Waals surface area contributed by atoms with Crippen LogP contribution >= 0.6 is 22.7 Å². The van der Waals surface area contributed by atoms with E-state index in [0.29, 0.717) is 18.9 Å². The number of aryl methyl sites for hydroxylation is 1. The molecule has 36 heavy (non-hydrogen) atoms. The van der Waals surface area contributed by atoms with Crippen LogP contribution in [0.25, 0.3) is 11.3 Å². The van der Waals surface area contributed by atoms with Gasteiger partial charge in [-0.2, -0.15) is 4.31 Å². The van der Waals surface area contributed by atoms with E-state index in [0.717, 1.165) is 16.2 Å². The van der Waals surface area contributed by atoms with Crippen LogP contribution < -0.4 is 10.6 Å². The van der Waals surface area contributed by atoms with E-state index in [9.17, 15) is 13.5 Å². The lowest BCUT2D eigenvalue weighted by molar-refractivity contribution is 0.314. The number of anilines is 3. The average Bonchev–Trinajstić information content (AvgIpc) is 3.52. The molecule has 0 radical (unpaired) electrons. The minimum atomic E-state index is -3.84. The molecule has 14 heteroatoms. The van der Waals surface area contributed by atoms with Crippen LogP contribution in [0.15, 0.2) is 26.4 Å². The van der Waals surface area contributed by atoms with Gasteiger partial charge in [-0.15, -0.1) is 22.7 Å². The number of thiophene rings is 2. The Labute approximate surface area is 217 Å². The van der Waals surface area contributed by atoms with Gasteiger partial charge in [-0.05, 0) is 34.8 Å². The Balaban J connectivity index is 1.75. The van der Waals surface area contributed by atoms with Crippen molar-refractivity contribution in [1.29, 1.82) is 0 Å². The monoisotopic (exact) mass is 551 g/mol. The molecule has 194 valence electrons. The number of hydrogen-bond acceptors (Lipinski definition) is 12. The van der Waals surface area contributed by atoms with E-state index in [1.165, 1.54) is 14.6 Å². The fourth-order valence-electron chi connectivity index (χ4n) is 3.70. The quantitative estimate of drug-likeness (QED) is 0.256. The van der Waals surface area contributed by atoms with E-state index in [-0.39, 0.29) is 44.2 Å². The molecule has 1 atom stereocenters. The third kappa shape index (κ3) is 5.03. The first-order chi connectivity index (χ1) is 17.0. The molecule has 0 amide bonds. The molecule has 0 saturated heterocycles. The number of nitrogens with zero attached hydrogens (tertiary/aromatic N) is 5. The zero-order valence-corrected chi connectivity index (χ0v) is 23.3. The van der Waals surface area contributed by atoms with E-state index in [2.05, 4.69) is 70.7 Å². The lowest BCUT2D eigenvalue weighted by Crippen LogP contribution is -2.30. The normalized spacial score (nSPS) is 13.4. The number of hydrogen-bond donors (Lipinski definition) is 3. The second-order valence-corrected chi connectivity index (χ2v) is 13.6. The van der Waals surface area contributed by atoms with Crippen LogP contribution in [0.5, 0.6) is 5.75 Å². The first-order valence-electron chi connectivity index (χ1n) is 11.4. The Kier molecular flexibility index (Phi) is 7.23. The zero-order chi connectivity index (χ0) is 26.3. The van der Waals surface area contributed by atoms with Crippen molar-refractivity contribution in [2.75, 3.05) is 23.7 Å². The first-order valence-corrected chi connectivity index (χ1v) is 14.5. The molecule has 0 unspecified atom stereocenters. The summed E-state index contributed by atoms with van der Waals surface area (Å²) in [5.41, 5.74) is 0.395. The number of aromatic hydroxyl groups is 1. The summed E-state index contributed by atoms with van der Waals surface area (Å²) in [5, 5.41) is 26.5. The van der Waals surface area contributed by atoms with Crippen LogP contribution in [0, 0.1) is 12.3 Å². The molecule has 3 N–H and O–H groups in total. The van der Waals surface area contributed by atoms with Gasteiger partial charge in [-0.3, -0.25) is 0 Å². The van der Waals surface area contributed by atoms with Gasteiger partial charge in [-0.1, -0.05) is 34.6 Å². The molecule has 0 fully saturated rings. The lowest BCUT2D eigenvalue weighted by atomic mass is 9.86. The Hall–Kier alpha value is -2.81.